The number of aromatic hydroxyl groups is 1. The molecular weight excluding hydrogens is 444 g/mol. The van der Waals surface area contributed by atoms with E-state index in [2.05, 4.69) is 0 Å². The highest BCUT2D eigenvalue weighted by atomic mass is 16.6. The van der Waals surface area contributed by atoms with E-state index in [1.54, 1.807) is 4.90 Å². The van der Waals surface area contributed by atoms with Crippen molar-refractivity contribution in [2.24, 2.45) is 0 Å². The molecule has 0 saturated carbocycles. The Morgan fingerprint density at radius 1 is 0.886 bits per heavy atom. The van der Waals surface area contributed by atoms with E-state index in [0.717, 1.165) is 22.4 Å². The summed E-state index contributed by atoms with van der Waals surface area (Å²) in [5.74, 6) is -0.469. The van der Waals surface area contributed by atoms with E-state index < -0.39 is 27.8 Å². The third kappa shape index (κ3) is 2.94. The van der Waals surface area contributed by atoms with E-state index in [0.29, 0.717) is 5.56 Å². The molecule has 0 aromatic heterocycles. The summed E-state index contributed by atoms with van der Waals surface area (Å²) in [6.45, 7) is -0.00835. The minimum absolute atomic E-state index is 0.00835. The largest absolute Gasteiger partial charge is 0.502 e. The Bertz CT molecular complexity index is 1430. The van der Waals surface area contributed by atoms with Gasteiger partial charge in [0, 0.05) is 11.3 Å². The van der Waals surface area contributed by atoms with Crippen molar-refractivity contribution in [3.8, 4) is 11.5 Å². The summed E-state index contributed by atoms with van der Waals surface area (Å²) in [6, 6.07) is 29.3. The minimum Gasteiger partial charge on any atom is -0.502 e. The molecule has 2 aliphatic heterocycles. The van der Waals surface area contributed by atoms with Gasteiger partial charge in [0.15, 0.2) is 5.75 Å². The second kappa shape index (κ2) is 7.70. The van der Waals surface area contributed by atoms with Crippen molar-refractivity contribution >= 4 is 17.3 Å². The van der Waals surface area contributed by atoms with E-state index in [9.17, 15) is 20.0 Å². The number of ether oxygens (including phenoxy) is 1. The molecule has 4 aromatic carbocycles. The van der Waals surface area contributed by atoms with Crippen LogP contribution < -0.4 is 9.64 Å². The molecule has 1 amide bonds. The summed E-state index contributed by atoms with van der Waals surface area (Å²) in [5, 5.41) is 21.8. The molecule has 6 rings (SSSR count). The van der Waals surface area contributed by atoms with Crippen LogP contribution in [0, 0.1) is 10.1 Å². The molecule has 0 aliphatic carbocycles. The van der Waals surface area contributed by atoms with Crippen LogP contribution >= 0.6 is 0 Å². The first-order valence-corrected chi connectivity index (χ1v) is 11.2. The van der Waals surface area contributed by atoms with Gasteiger partial charge in [0.25, 0.3) is 0 Å². The second-order valence-corrected chi connectivity index (χ2v) is 8.70. The van der Waals surface area contributed by atoms with Crippen molar-refractivity contribution < 1.29 is 19.6 Å². The van der Waals surface area contributed by atoms with Gasteiger partial charge in [-0.25, -0.2) is 0 Å². The Balaban J connectivity index is 1.59. The lowest BCUT2D eigenvalue weighted by molar-refractivity contribution is -0.385. The van der Waals surface area contributed by atoms with Gasteiger partial charge in [0.2, 0.25) is 5.91 Å². The van der Waals surface area contributed by atoms with Crippen LogP contribution in [0.2, 0.25) is 0 Å². The number of carbonyl (C=O) groups excluding carboxylic acids is 1. The van der Waals surface area contributed by atoms with Crippen molar-refractivity contribution in [1.82, 2.24) is 0 Å². The molecule has 0 saturated heterocycles. The highest BCUT2D eigenvalue weighted by molar-refractivity contribution is 6.12. The first kappa shape index (κ1) is 20.9. The predicted octanol–water partition coefficient (Wildman–Crippen LogP) is 5.12. The van der Waals surface area contributed by atoms with Gasteiger partial charge in [-0.3, -0.25) is 19.8 Å². The zero-order valence-corrected chi connectivity index (χ0v) is 18.5. The number of anilines is 1. The highest BCUT2D eigenvalue weighted by Gasteiger charge is 2.58. The molecule has 2 heterocycles. The monoisotopic (exact) mass is 464 g/mol. The molecule has 35 heavy (non-hydrogen) atoms. The standard InChI is InChI=1S/C28H20N2O5/c31-24-15-21-25(16-23(24)30(33)34)35-17-28(21)20-13-7-8-14-22(20)29(27(28)32)26(18-9-3-1-4-10-18)19-11-5-2-6-12-19/h1-16,26,31H,17H2. The lowest BCUT2D eigenvalue weighted by atomic mass is 9.77. The number of nitro groups is 1. The van der Waals surface area contributed by atoms with E-state index in [1.165, 1.54) is 12.1 Å². The number of para-hydroxylation sites is 1. The van der Waals surface area contributed by atoms with Gasteiger partial charge in [-0.15, -0.1) is 0 Å². The Labute approximate surface area is 201 Å². The number of phenols is 1. The number of nitro benzene ring substituents is 1. The fourth-order valence-electron chi connectivity index (χ4n) is 5.31. The smallest absolute Gasteiger partial charge is 0.314 e. The lowest BCUT2D eigenvalue weighted by Gasteiger charge is -2.31. The van der Waals surface area contributed by atoms with Gasteiger partial charge in [-0.1, -0.05) is 78.9 Å². The van der Waals surface area contributed by atoms with Crippen LogP contribution in [0.1, 0.15) is 28.3 Å². The summed E-state index contributed by atoms with van der Waals surface area (Å²) in [5.41, 5.74) is 2.14. The third-order valence-electron chi connectivity index (χ3n) is 6.87. The molecule has 2 aliphatic rings. The van der Waals surface area contributed by atoms with Crippen molar-refractivity contribution in [2.45, 2.75) is 11.5 Å². The molecule has 172 valence electrons. The van der Waals surface area contributed by atoms with Crippen LogP contribution in [-0.2, 0) is 10.2 Å². The normalized spacial score (nSPS) is 18.0. The molecule has 0 bridgehead atoms. The summed E-state index contributed by atoms with van der Waals surface area (Å²) in [4.78, 5) is 27.0. The summed E-state index contributed by atoms with van der Waals surface area (Å²) < 4.78 is 5.89. The lowest BCUT2D eigenvalue weighted by Crippen LogP contribution is -2.44. The van der Waals surface area contributed by atoms with Gasteiger partial charge in [0.1, 0.15) is 17.8 Å². The van der Waals surface area contributed by atoms with Crippen molar-refractivity contribution in [1.29, 1.82) is 0 Å². The fourth-order valence-corrected chi connectivity index (χ4v) is 5.31. The second-order valence-electron chi connectivity index (χ2n) is 8.70. The summed E-state index contributed by atoms with van der Waals surface area (Å²) in [6.07, 6.45) is 0. The fraction of sp³-hybridized carbons (Fsp3) is 0.107. The molecule has 4 aromatic rings. The summed E-state index contributed by atoms with van der Waals surface area (Å²) in [7, 11) is 0. The molecule has 1 N–H and O–H groups in total. The molecule has 1 atom stereocenters. The van der Waals surface area contributed by atoms with Gasteiger partial charge in [-0.2, -0.15) is 0 Å². The van der Waals surface area contributed by atoms with Crippen LogP contribution in [0.3, 0.4) is 0 Å². The van der Waals surface area contributed by atoms with Gasteiger partial charge < -0.3 is 9.84 Å². The van der Waals surface area contributed by atoms with Crippen LogP contribution in [0.5, 0.6) is 11.5 Å². The Morgan fingerprint density at radius 2 is 1.49 bits per heavy atom. The summed E-state index contributed by atoms with van der Waals surface area (Å²) >= 11 is 0. The van der Waals surface area contributed by atoms with Gasteiger partial charge in [-0.05, 0) is 28.8 Å². The number of nitrogens with zero attached hydrogens (tertiary/aromatic N) is 2. The zero-order chi connectivity index (χ0) is 24.2. The van der Waals surface area contributed by atoms with E-state index in [4.69, 9.17) is 4.74 Å². The van der Waals surface area contributed by atoms with Crippen LogP contribution in [0.25, 0.3) is 0 Å². The number of hydrogen-bond donors (Lipinski definition) is 1. The Hall–Kier alpha value is -4.65. The van der Waals surface area contributed by atoms with Crippen molar-refractivity contribution in [3.05, 3.63) is 129 Å². The highest BCUT2D eigenvalue weighted by Crippen LogP contribution is 2.56. The van der Waals surface area contributed by atoms with Crippen LogP contribution in [0.4, 0.5) is 11.4 Å². The first-order chi connectivity index (χ1) is 17.0. The average molecular weight is 464 g/mol. The van der Waals surface area contributed by atoms with E-state index >= 15 is 0 Å². The molecule has 7 heteroatoms. The van der Waals surface area contributed by atoms with E-state index in [1.807, 2.05) is 84.9 Å². The molecule has 0 fully saturated rings. The maximum Gasteiger partial charge on any atom is 0.314 e. The zero-order valence-electron chi connectivity index (χ0n) is 18.5. The van der Waals surface area contributed by atoms with Crippen molar-refractivity contribution in [3.63, 3.8) is 0 Å². The molecule has 7 nitrogen and oxygen atoms in total. The number of benzene rings is 4. The maximum atomic E-state index is 14.5. The quantitative estimate of drug-likeness (QED) is 0.334. The Kier molecular flexibility index (Phi) is 4.60. The third-order valence-corrected chi connectivity index (χ3v) is 6.87. The number of rotatable bonds is 4. The predicted molar refractivity (Wildman–Crippen MR) is 130 cm³/mol. The number of carbonyl (C=O) groups is 1. The van der Waals surface area contributed by atoms with Crippen LogP contribution in [0.15, 0.2) is 97.1 Å². The van der Waals surface area contributed by atoms with Crippen molar-refractivity contribution in [2.75, 3.05) is 11.5 Å². The topological polar surface area (TPSA) is 92.9 Å². The molecular formula is C28H20N2O5. The van der Waals surface area contributed by atoms with Gasteiger partial charge in [0.05, 0.1) is 17.0 Å². The molecule has 1 spiro atoms. The number of fused-ring (bicyclic) bond motifs is 4. The maximum absolute atomic E-state index is 14.5. The number of hydrogen-bond acceptors (Lipinski definition) is 5. The molecule has 1 unspecified atom stereocenters. The Morgan fingerprint density at radius 3 is 2.11 bits per heavy atom. The van der Waals surface area contributed by atoms with Crippen LogP contribution in [-0.4, -0.2) is 22.5 Å². The van der Waals surface area contributed by atoms with Gasteiger partial charge >= 0.3 is 5.69 Å². The average Bonchev–Trinajstić information content (AvgIpc) is 3.37. The molecule has 0 radical (unpaired) electrons. The minimum atomic E-state index is -1.22. The number of amides is 1. The number of phenolic OH excluding ortho intramolecular Hbond substituents is 1. The SMILES string of the molecule is O=C1N(C(c2ccccc2)c2ccccc2)c2ccccc2C12COc1cc([N+](=O)[O-])c(O)cc12. The first-order valence-electron chi connectivity index (χ1n) is 11.2. The van der Waals surface area contributed by atoms with E-state index in [-0.39, 0.29) is 18.3 Å².